The third-order valence-electron chi connectivity index (χ3n) is 7.58. The first-order valence-electron chi connectivity index (χ1n) is 14.3. The van der Waals surface area contributed by atoms with E-state index in [9.17, 15) is 9.59 Å². The molecule has 0 aliphatic carbocycles. The number of thiazole rings is 1. The number of carbonyl (C=O) groups is 2. The van der Waals surface area contributed by atoms with E-state index in [-0.39, 0.29) is 29.1 Å². The van der Waals surface area contributed by atoms with Gasteiger partial charge in [-0.15, -0.1) is 24.0 Å². The zero-order valence-electron chi connectivity index (χ0n) is 25.7. The van der Waals surface area contributed by atoms with Crippen molar-refractivity contribution >= 4 is 41.6 Å². The van der Waals surface area contributed by atoms with Crippen LogP contribution < -0.4 is 5.32 Å². The van der Waals surface area contributed by atoms with Gasteiger partial charge in [0.2, 0.25) is 0 Å². The molecule has 222 valence electrons. The monoisotopic (exact) mass is 596 g/mol. The maximum Gasteiger partial charge on any atom is 0.332 e. The summed E-state index contributed by atoms with van der Waals surface area (Å²) in [6.07, 6.45) is 4.43. The second-order valence-electron chi connectivity index (χ2n) is 13.7. The van der Waals surface area contributed by atoms with Crippen LogP contribution in [0.4, 0.5) is 0 Å². The van der Waals surface area contributed by atoms with Crippen LogP contribution in [0, 0.1) is 11.8 Å². The molecule has 1 N–H and O–H groups in total. The summed E-state index contributed by atoms with van der Waals surface area (Å²) < 4.78 is 6.12. The maximum atomic E-state index is 14.8. The van der Waals surface area contributed by atoms with Gasteiger partial charge in [0.05, 0.1) is 12.6 Å². The standard InChI is InChI=1S/C32H44N4O3S2/c1-19(2)15-32(29(38)39-31(7,8)9)16-22(24-18-34-20(3)17-35-24)26(27-33-12-13-41-27)36(32)28(37)21-10-11-23(25(40)14-21)30(4,5)6/h10-14,17,19,22,26,34,40H,15-16,18H2,1-9H3/t22-,26-,32+/m1/s1. The predicted octanol–water partition coefficient (Wildman–Crippen LogP) is 6.96. The first kappa shape index (κ1) is 31.3. The van der Waals surface area contributed by atoms with Gasteiger partial charge in [-0.3, -0.25) is 9.79 Å². The minimum absolute atomic E-state index is 0.116. The molecule has 1 amide bonds. The minimum atomic E-state index is -1.21. The van der Waals surface area contributed by atoms with Crippen LogP contribution in [-0.4, -0.2) is 45.2 Å². The Morgan fingerprint density at radius 1 is 1.22 bits per heavy atom. The summed E-state index contributed by atoms with van der Waals surface area (Å²) in [5.74, 6) is -0.723. The smallest absolute Gasteiger partial charge is 0.332 e. The van der Waals surface area contributed by atoms with Gasteiger partial charge < -0.3 is 15.0 Å². The van der Waals surface area contributed by atoms with Gasteiger partial charge in [0, 0.05) is 45.6 Å². The van der Waals surface area contributed by atoms with Crippen molar-refractivity contribution in [1.29, 1.82) is 0 Å². The minimum Gasteiger partial charge on any atom is -0.458 e. The van der Waals surface area contributed by atoms with E-state index in [1.807, 2.05) is 57.5 Å². The fourth-order valence-electron chi connectivity index (χ4n) is 5.96. The Hall–Kier alpha value is -2.65. The van der Waals surface area contributed by atoms with Crippen LogP contribution in [0.25, 0.3) is 0 Å². The van der Waals surface area contributed by atoms with Gasteiger partial charge in [-0.1, -0.05) is 40.7 Å². The van der Waals surface area contributed by atoms with Crippen molar-refractivity contribution in [2.75, 3.05) is 6.54 Å². The van der Waals surface area contributed by atoms with Gasteiger partial charge in [-0.05, 0) is 69.6 Å². The summed E-state index contributed by atoms with van der Waals surface area (Å²) in [6.45, 7) is 18.7. The predicted molar refractivity (Wildman–Crippen MR) is 169 cm³/mol. The number of hydrogen-bond acceptors (Lipinski definition) is 8. The highest BCUT2D eigenvalue weighted by Gasteiger charge is 2.61. The molecule has 0 radical (unpaired) electrons. The van der Waals surface area contributed by atoms with E-state index >= 15 is 0 Å². The molecule has 2 aliphatic heterocycles. The number of nitrogens with zero attached hydrogens (tertiary/aromatic N) is 3. The fourth-order valence-corrected chi connectivity index (χ4v) is 7.31. The average molecular weight is 597 g/mol. The fraction of sp³-hybridized carbons (Fsp3) is 0.562. The molecule has 1 fully saturated rings. The van der Waals surface area contributed by atoms with E-state index in [0.717, 1.165) is 26.9 Å². The molecule has 41 heavy (non-hydrogen) atoms. The summed E-state index contributed by atoms with van der Waals surface area (Å²) >= 11 is 6.27. The van der Waals surface area contributed by atoms with Crippen molar-refractivity contribution in [3.05, 3.63) is 57.8 Å². The molecule has 4 rings (SSSR count). The van der Waals surface area contributed by atoms with Crippen molar-refractivity contribution in [2.45, 2.75) is 103 Å². The highest BCUT2D eigenvalue weighted by atomic mass is 32.1. The zero-order chi connectivity index (χ0) is 30.3. The Labute approximate surface area is 254 Å². The highest BCUT2D eigenvalue weighted by Crippen LogP contribution is 2.52. The van der Waals surface area contributed by atoms with E-state index in [2.05, 4.69) is 39.9 Å². The van der Waals surface area contributed by atoms with Gasteiger partial charge in [0.1, 0.15) is 16.1 Å². The van der Waals surface area contributed by atoms with Gasteiger partial charge >= 0.3 is 5.97 Å². The lowest BCUT2D eigenvalue weighted by atomic mass is 9.82. The molecular formula is C32H44N4O3S2. The molecule has 9 heteroatoms. The van der Waals surface area contributed by atoms with Crippen molar-refractivity contribution in [3.8, 4) is 0 Å². The van der Waals surface area contributed by atoms with Crippen LogP contribution >= 0.6 is 24.0 Å². The van der Waals surface area contributed by atoms with Crippen LogP contribution in [0.15, 0.2) is 51.6 Å². The molecule has 1 saturated heterocycles. The summed E-state index contributed by atoms with van der Waals surface area (Å²) in [4.78, 5) is 41.3. The number of thiol groups is 1. The van der Waals surface area contributed by atoms with Gasteiger partial charge in [0.25, 0.3) is 5.91 Å². The van der Waals surface area contributed by atoms with Crippen LogP contribution in [0.5, 0.6) is 0 Å². The molecular weight excluding hydrogens is 553 g/mol. The molecule has 2 aromatic rings. The number of likely N-dealkylation sites (tertiary alicyclic amines) is 1. The van der Waals surface area contributed by atoms with Gasteiger partial charge in [-0.25, -0.2) is 9.78 Å². The summed E-state index contributed by atoms with van der Waals surface area (Å²) in [6, 6.07) is 5.18. The van der Waals surface area contributed by atoms with Crippen LogP contribution in [-0.2, 0) is 14.9 Å². The molecule has 7 nitrogen and oxygen atoms in total. The lowest BCUT2D eigenvalue weighted by Crippen LogP contribution is -2.56. The summed E-state index contributed by atoms with van der Waals surface area (Å²) in [5, 5.41) is 6.10. The molecule has 1 aromatic carbocycles. The topological polar surface area (TPSA) is 83.9 Å². The number of benzene rings is 1. The SMILES string of the molecule is CC1=CN=C([C@H]2C[C@@](CC(C)C)(C(=O)OC(C)(C)C)N(C(=O)c3ccc(C(C)(C)C)c(S)c3)[C@H]2c2nccs2)CN1. The highest BCUT2D eigenvalue weighted by molar-refractivity contribution is 7.80. The molecule has 3 atom stereocenters. The zero-order valence-corrected chi connectivity index (χ0v) is 27.5. The molecule has 3 heterocycles. The number of esters is 1. The number of nitrogens with one attached hydrogen (secondary N) is 1. The van der Waals surface area contributed by atoms with Gasteiger partial charge in [0.15, 0.2) is 0 Å². The first-order valence-corrected chi connectivity index (χ1v) is 15.6. The maximum absolute atomic E-state index is 14.8. The first-order chi connectivity index (χ1) is 19.0. The van der Waals surface area contributed by atoms with E-state index in [1.165, 1.54) is 11.3 Å². The van der Waals surface area contributed by atoms with Crippen LogP contribution in [0.3, 0.4) is 0 Å². The second-order valence-corrected chi connectivity index (χ2v) is 15.1. The number of amides is 1. The normalized spacial score (nSPS) is 23.2. The number of allylic oxidation sites excluding steroid dienone is 1. The molecule has 1 aromatic heterocycles. The molecule has 2 aliphatic rings. The van der Waals surface area contributed by atoms with Crippen molar-refractivity contribution in [1.82, 2.24) is 15.2 Å². The third-order valence-corrected chi connectivity index (χ3v) is 8.80. The number of aliphatic imine (C=N–C) groups is 1. The lowest BCUT2D eigenvalue weighted by Gasteiger charge is -2.41. The van der Waals surface area contributed by atoms with Crippen molar-refractivity contribution in [2.24, 2.45) is 16.8 Å². The molecule has 0 spiro atoms. The number of carbonyl (C=O) groups excluding carboxylic acids is 2. The lowest BCUT2D eigenvalue weighted by molar-refractivity contribution is -0.168. The van der Waals surface area contributed by atoms with Crippen molar-refractivity contribution in [3.63, 3.8) is 0 Å². The quantitative estimate of drug-likeness (QED) is 0.278. The summed E-state index contributed by atoms with van der Waals surface area (Å²) in [7, 11) is 0. The Kier molecular flexibility index (Phi) is 8.82. The van der Waals surface area contributed by atoms with Crippen LogP contribution in [0.2, 0.25) is 0 Å². The largest absolute Gasteiger partial charge is 0.458 e. The Morgan fingerprint density at radius 3 is 2.44 bits per heavy atom. The van der Waals surface area contributed by atoms with E-state index in [4.69, 9.17) is 27.3 Å². The van der Waals surface area contributed by atoms with E-state index in [0.29, 0.717) is 24.9 Å². The Morgan fingerprint density at radius 2 is 1.93 bits per heavy atom. The Bertz CT molecular complexity index is 1350. The third kappa shape index (κ3) is 6.56. The molecule has 0 bridgehead atoms. The van der Waals surface area contributed by atoms with E-state index < -0.39 is 17.2 Å². The Balaban J connectivity index is 1.95. The number of ether oxygens (including phenoxy) is 1. The average Bonchev–Trinajstić information content (AvgIpc) is 3.48. The summed E-state index contributed by atoms with van der Waals surface area (Å²) in [5.41, 5.74) is 1.36. The van der Waals surface area contributed by atoms with Gasteiger partial charge in [-0.2, -0.15) is 0 Å². The second kappa shape index (κ2) is 11.6. The van der Waals surface area contributed by atoms with Crippen molar-refractivity contribution < 1.29 is 14.3 Å². The molecule has 0 saturated carbocycles. The molecule has 0 unspecified atom stereocenters. The van der Waals surface area contributed by atoms with E-state index in [1.54, 1.807) is 11.1 Å². The number of rotatable bonds is 6. The van der Waals surface area contributed by atoms with Crippen LogP contribution in [0.1, 0.15) is 102 Å². The number of hydrogen-bond donors (Lipinski definition) is 2. The number of aromatic nitrogens is 1.